The highest BCUT2D eigenvalue weighted by molar-refractivity contribution is 5.94. The van der Waals surface area contributed by atoms with Gasteiger partial charge in [0.1, 0.15) is 11.8 Å². The number of nitro groups is 1. The highest BCUT2D eigenvalue weighted by Crippen LogP contribution is 2.28. The van der Waals surface area contributed by atoms with Crippen molar-refractivity contribution in [3.05, 3.63) is 45.6 Å². The average molecular weight is 354 g/mol. The Morgan fingerprint density at radius 3 is 2.60 bits per heavy atom. The number of halogens is 2. The number of aromatic nitrogens is 2. The quantitative estimate of drug-likeness (QED) is 0.634. The minimum absolute atomic E-state index is 0.0714. The minimum atomic E-state index is -3.04. The fourth-order valence-electron chi connectivity index (χ4n) is 2.23. The SMILES string of the molecule is Cc1ccc(NC(=O)C(C)n2nc([N+](=O)[O-])cc2C)c(OC(F)F)c1. The van der Waals surface area contributed by atoms with Crippen LogP contribution in [0.3, 0.4) is 0 Å². The van der Waals surface area contributed by atoms with Gasteiger partial charge in [0.15, 0.2) is 0 Å². The van der Waals surface area contributed by atoms with Crippen LogP contribution in [-0.4, -0.2) is 27.2 Å². The van der Waals surface area contributed by atoms with E-state index in [0.29, 0.717) is 11.3 Å². The van der Waals surface area contributed by atoms with Crippen molar-refractivity contribution in [2.75, 3.05) is 5.32 Å². The normalized spacial score (nSPS) is 12.1. The second kappa shape index (κ2) is 7.24. The molecule has 8 nitrogen and oxygen atoms in total. The minimum Gasteiger partial charge on any atom is -0.433 e. The van der Waals surface area contributed by atoms with Crippen molar-refractivity contribution in [2.45, 2.75) is 33.4 Å². The van der Waals surface area contributed by atoms with E-state index >= 15 is 0 Å². The van der Waals surface area contributed by atoms with Crippen molar-refractivity contribution in [3.63, 3.8) is 0 Å². The van der Waals surface area contributed by atoms with E-state index < -0.39 is 23.5 Å². The second-order valence-electron chi connectivity index (χ2n) is 5.39. The van der Waals surface area contributed by atoms with Crippen molar-refractivity contribution in [1.82, 2.24) is 9.78 Å². The van der Waals surface area contributed by atoms with Crippen molar-refractivity contribution < 1.29 is 23.2 Å². The molecule has 0 fully saturated rings. The molecular formula is C15H16F2N4O4. The number of nitrogens with one attached hydrogen (secondary N) is 1. The summed E-state index contributed by atoms with van der Waals surface area (Å²) in [5.41, 5.74) is 1.17. The molecule has 0 aliphatic rings. The van der Waals surface area contributed by atoms with E-state index in [1.54, 1.807) is 19.9 Å². The zero-order valence-electron chi connectivity index (χ0n) is 13.7. The van der Waals surface area contributed by atoms with Gasteiger partial charge in [-0.05, 0) is 43.4 Å². The first kappa shape index (κ1) is 18.3. The Bertz CT molecular complexity index is 807. The van der Waals surface area contributed by atoms with Gasteiger partial charge in [0.05, 0.1) is 22.5 Å². The van der Waals surface area contributed by atoms with Gasteiger partial charge in [-0.1, -0.05) is 6.07 Å². The fourth-order valence-corrected chi connectivity index (χ4v) is 2.23. The number of nitrogens with zero attached hydrogens (tertiary/aromatic N) is 3. The van der Waals surface area contributed by atoms with E-state index in [1.807, 2.05) is 0 Å². The lowest BCUT2D eigenvalue weighted by molar-refractivity contribution is -0.389. The molecule has 0 spiro atoms. The molecule has 0 radical (unpaired) electrons. The lowest BCUT2D eigenvalue weighted by atomic mass is 10.2. The number of carbonyl (C=O) groups is 1. The number of carbonyl (C=O) groups excluding carboxylic acids is 1. The molecule has 0 bridgehead atoms. The highest BCUT2D eigenvalue weighted by Gasteiger charge is 2.25. The smallest absolute Gasteiger partial charge is 0.390 e. The molecule has 2 aromatic rings. The molecule has 25 heavy (non-hydrogen) atoms. The summed E-state index contributed by atoms with van der Waals surface area (Å²) >= 11 is 0. The first-order valence-electron chi connectivity index (χ1n) is 7.26. The van der Waals surface area contributed by atoms with Gasteiger partial charge in [-0.3, -0.25) is 4.79 Å². The third-order valence-corrected chi connectivity index (χ3v) is 3.45. The summed E-state index contributed by atoms with van der Waals surface area (Å²) in [4.78, 5) is 22.5. The van der Waals surface area contributed by atoms with E-state index in [0.717, 1.165) is 0 Å². The predicted molar refractivity (Wildman–Crippen MR) is 84.8 cm³/mol. The maximum absolute atomic E-state index is 12.5. The lowest BCUT2D eigenvalue weighted by Crippen LogP contribution is -2.25. The molecule has 1 N–H and O–H groups in total. The molecule has 1 heterocycles. The number of benzene rings is 1. The molecule has 1 unspecified atom stereocenters. The molecule has 1 aromatic carbocycles. The Morgan fingerprint density at radius 2 is 2.04 bits per heavy atom. The van der Waals surface area contributed by atoms with Crippen LogP contribution in [0.1, 0.15) is 24.2 Å². The van der Waals surface area contributed by atoms with Gasteiger partial charge >= 0.3 is 12.4 Å². The van der Waals surface area contributed by atoms with E-state index in [9.17, 15) is 23.7 Å². The van der Waals surface area contributed by atoms with Crippen molar-refractivity contribution in [1.29, 1.82) is 0 Å². The Hall–Kier alpha value is -3.04. The largest absolute Gasteiger partial charge is 0.433 e. The molecule has 0 aliphatic heterocycles. The van der Waals surface area contributed by atoms with Gasteiger partial charge in [0, 0.05) is 0 Å². The van der Waals surface area contributed by atoms with Crippen molar-refractivity contribution in [3.8, 4) is 5.75 Å². The zero-order valence-corrected chi connectivity index (χ0v) is 13.7. The molecular weight excluding hydrogens is 338 g/mol. The van der Waals surface area contributed by atoms with Crippen LogP contribution < -0.4 is 10.1 Å². The molecule has 0 saturated carbocycles. The third kappa shape index (κ3) is 4.28. The topological polar surface area (TPSA) is 99.3 Å². The predicted octanol–water partition coefficient (Wildman–Crippen LogP) is 3.21. The first-order valence-corrected chi connectivity index (χ1v) is 7.26. The van der Waals surface area contributed by atoms with Gasteiger partial charge < -0.3 is 20.2 Å². The summed E-state index contributed by atoms with van der Waals surface area (Å²) in [6.07, 6.45) is 0. The summed E-state index contributed by atoms with van der Waals surface area (Å²) < 4.78 is 30.6. The first-order chi connectivity index (χ1) is 11.7. The average Bonchev–Trinajstić information content (AvgIpc) is 2.90. The molecule has 134 valence electrons. The highest BCUT2D eigenvalue weighted by atomic mass is 19.3. The lowest BCUT2D eigenvalue weighted by Gasteiger charge is -2.15. The summed E-state index contributed by atoms with van der Waals surface area (Å²) in [5, 5.41) is 17.0. The number of hydrogen-bond donors (Lipinski definition) is 1. The number of rotatable bonds is 6. The Balaban J connectivity index is 2.23. The van der Waals surface area contributed by atoms with Gasteiger partial charge in [0.2, 0.25) is 0 Å². The molecule has 0 saturated heterocycles. The van der Waals surface area contributed by atoms with Crippen molar-refractivity contribution in [2.24, 2.45) is 0 Å². The summed E-state index contributed by atoms with van der Waals surface area (Å²) in [6, 6.07) is 4.78. The monoisotopic (exact) mass is 354 g/mol. The van der Waals surface area contributed by atoms with Crippen LogP contribution in [0.5, 0.6) is 5.75 Å². The number of alkyl halides is 2. The van der Waals surface area contributed by atoms with Gasteiger partial charge in [-0.25, -0.2) is 0 Å². The molecule has 1 amide bonds. The van der Waals surface area contributed by atoms with Crippen LogP contribution in [0.15, 0.2) is 24.3 Å². The molecule has 0 aliphatic carbocycles. The molecule has 10 heteroatoms. The number of amides is 1. The van der Waals surface area contributed by atoms with Crippen LogP contribution >= 0.6 is 0 Å². The summed E-state index contributed by atoms with van der Waals surface area (Å²) in [7, 11) is 0. The van der Waals surface area contributed by atoms with Gasteiger partial charge in [-0.15, -0.1) is 0 Å². The zero-order chi connectivity index (χ0) is 18.7. The van der Waals surface area contributed by atoms with E-state index in [1.165, 1.54) is 29.8 Å². The Kier molecular flexibility index (Phi) is 5.30. The van der Waals surface area contributed by atoms with E-state index in [2.05, 4.69) is 15.2 Å². The maximum atomic E-state index is 12.5. The number of anilines is 1. The number of ether oxygens (including phenoxy) is 1. The molecule has 1 aromatic heterocycles. The van der Waals surface area contributed by atoms with Crippen LogP contribution in [0.4, 0.5) is 20.3 Å². The van der Waals surface area contributed by atoms with Crippen LogP contribution in [0, 0.1) is 24.0 Å². The Labute approximate surface area is 141 Å². The standard InChI is InChI=1S/C15H16F2N4O4/c1-8-4-5-11(12(6-8)25-15(16)17)18-14(22)10(3)20-9(2)7-13(19-20)21(23)24/h4-7,10,15H,1-3H3,(H,18,22). The molecule has 2 rings (SSSR count). The Morgan fingerprint density at radius 1 is 1.36 bits per heavy atom. The van der Waals surface area contributed by atoms with Crippen LogP contribution in [0.2, 0.25) is 0 Å². The van der Waals surface area contributed by atoms with Gasteiger partial charge in [-0.2, -0.15) is 13.5 Å². The summed E-state index contributed by atoms with van der Waals surface area (Å²) in [6.45, 7) is 1.71. The number of aryl methyl sites for hydroxylation is 2. The van der Waals surface area contributed by atoms with Crippen LogP contribution in [-0.2, 0) is 4.79 Å². The molecule has 1 atom stereocenters. The van der Waals surface area contributed by atoms with Gasteiger partial charge in [0.25, 0.3) is 5.91 Å². The summed E-state index contributed by atoms with van der Waals surface area (Å²) in [5.74, 6) is -1.13. The van der Waals surface area contributed by atoms with E-state index in [4.69, 9.17) is 0 Å². The fraction of sp³-hybridized carbons (Fsp3) is 0.333. The van der Waals surface area contributed by atoms with E-state index in [-0.39, 0.29) is 17.3 Å². The van der Waals surface area contributed by atoms with Crippen LogP contribution in [0.25, 0.3) is 0 Å². The van der Waals surface area contributed by atoms with Crippen molar-refractivity contribution >= 4 is 17.4 Å². The maximum Gasteiger partial charge on any atom is 0.390 e. The second-order valence-corrected chi connectivity index (χ2v) is 5.39. The number of hydrogen-bond acceptors (Lipinski definition) is 5. The third-order valence-electron chi connectivity index (χ3n) is 3.45.